The smallest absolute Gasteiger partial charge is 0.239 e. The molecule has 0 radical (unpaired) electrons. The van der Waals surface area contributed by atoms with Crippen LogP contribution >= 0.6 is 0 Å². The number of benzene rings is 1. The van der Waals surface area contributed by atoms with E-state index in [0.29, 0.717) is 18.7 Å². The molecule has 1 aromatic rings. The molecule has 1 aromatic carbocycles. The van der Waals surface area contributed by atoms with E-state index in [1.807, 2.05) is 4.90 Å². The zero-order valence-electron chi connectivity index (χ0n) is 9.74. The molecule has 4 nitrogen and oxygen atoms in total. The lowest BCUT2D eigenvalue weighted by atomic mass is 10.0. The van der Waals surface area contributed by atoms with Crippen LogP contribution in [0.2, 0.25) is 0 Å². The minimum atomic E-state index is -0.392. The van der Waals surface area contributed by atoms with Gasteiger partial charge in [-0.3, -0.25) is 4.79 Å². The lowest BCUT2D eigenvalue weighted by molar-refractivity contribution is -0.120. The van der Waals surface area contributed by atoms with E-state index in [2.05, 4.69) is 5.32 Å². The van der Waals surface area contributed by atoms with Crippen molar-refractivity contribution in [2.45, 2.75) is 13.0 Å². The molecular formula is C12H16FN3O. The van der Waals surface area contributed by atoms with E-state index >= 15 is 0 Å². The van der Waals surface area contributed by atoms with Gasteiger partial charge in [0.1, 0.15) is 5.82 Å². The Kier molecular flexibility index (Phi) is 3.28. The Morgan fingerprint density at radius 3 is 2.94 bits per heavy atom. The van der Waals surface area contributed by atoms with Crippen molar-refractivity contribution in [1.82, 2.24) is 5.32 Å². The van der Waals surface area contributed by atoms with E-state index in [1.165, 1.54) is 6.07 Å². The molecule has 1 amide bonds. The monoisotopic (exact) mass is 237 g/mol. The van der Waals surface area contributed by atoms with Gasteiger partial charge in [-0.25, -0.2) is 4.39 Å². The van der Waals surface area contributed by atoms with Crippen molar-refractivity contribution < 1.29 is 9.18 Å². The summed E-state index contributed by atoms with van der Waals surface area (Å²) in [5, 5.41) is 2.74. The Balaban J connectivity index is 2.37. The summed E-state index contributed by atoms with van der Waals surface area (Å²) in [4.78, 5) is 13.2. The molecule has 2 rings (SSSR count). The summed E-state index contributed by atoms with van der Waals surface area (Å²) in [6.45, 7) is 3.25. The van der Waals surface area contributed by atoms with Crippen molar-refractivity contribution in [2.24, 2.45) is 5.73 Å². The fourth-order valence-corrected chi connectivity index (χ4v) is 2.10. The van der Waals surface area contributed by atoms with Crippen LogP contribution in [0.4, 0.5) is 10.1 Å². The summed E-state index contributed by atoms with van der Waals surface area (Å²) in [6.07, 6.45) is 0. The maximum absolute atomic E-state index is 13.7. The second kappa shape index (κ2) is 4.71. The second-order valence-corrected chi connectivity index (χ2v) is 4.23. The molecule has 3 N–H and O–H groups in total. The first-order chi connectivity index (χ1) is 8.09. The van der Waals surface area contributed by atoms with Gasteiger partial charge >= 0.3 is 0 Å². The maximum Gasteiger partial charge on any atom is 0.239 e. The van der Waals surface area contributed by atoms with E-state index in [-0.39, 0.29) is 18.3 Å². The molecule has 0 spiro atoms. The molecule has 0 unspecified atom stereocenters. The highest BCUT2D eigenvalue weighted by Crippen LogP contribution is 2.28. The van der Waals surface area contributed by atoms with Crippen LogP contribution in [-0.2, 0) is 4.79 Å². The summed E-state index contributed by atoms with van der Waals surface area (Å²) in [6, 6.07) is 4.45. The van der Waals surface area contributed by atoms with Crippen LogP contribution < -0.4 is 16.0 Å². The first-order valence-electron chi connectivity index (χ1n) is 5.65. The van der Waals surface area contributed by atoms with Gasteiger partial charge < -0.3 is 16.0 Å². The molecule has 1 fully saturated rings. The Bertz CT molecular complexity index is 434. The molecule has 1 heterocycles. The topological polar surface area (TPSA) is 58.4 Å². The number of carbonyl (C=O) groups excluding carboxylic acids is 1. The largest absolute Gasteiger partial charge is 0.360 e. The predicted molar refractivity (Wildman–Crippen MR) is 64.2 cm³/mol. The third-order valence-corrected chi connectivity index (χ3v) is 2.86. The molecule has 1 atom stereocenters. The Hall–Kier alpha value is -1.62. The first kappa shape index (κ1) is 11.9. The fourth-order valence-electron chi connectivity index (χ4n) is 2.10. The molecule has 5 heteroatoms. The molecule has 92 valence electrons. The number of carbonyl (C=O) groups is 1. The quantitative estimate of drug-likeness (QED) is 0.799. The van der Waals surface area contributed by atoms with Crippen molar-refractivity contribution in [1.29, 1.82) is 0 Å². The summed E-state index contributed by atoms with van der Waals surface area (Å²) in [5.41, 5.74) is 6.98. The zero-order valence-corrected chi connectivity index (χ0v) is 9.74. The zero-order chi connectivity index (χ0) is 12.4. The SMILES string of the molecule is C[C@@H](N)c1c(F)cccc1N1CCNC(=O)C1. The molecule has 0 saturated carbocycles. The van der Waals surface area contributed by atoms with Gasteiger partial charge in [-0.1, -0.05) is 6.07 Å². The molecule has 0 bridgehead atoms. The number of nitrogens with zero attached hydrogens (tertiary/aromatic N) is 1. The molecule has 1 aliphatic rings. The maximum atomic E-state index is 13.7. The van der Waals surface area contributed by atoms with Crippen molar-refractivity contribution >= 4 is 11.6 Å². The molecule has 0 aromatic heterocycles. The van der Waals surface area contributed by atoms with Crippen LogP contribution in [0.1, 0.15) is 18.5 Å². The Labute approximate surface area is 99.6 Å². The van der Waals surface area contributed by atoms with E-state index in [0.717, 1.165) is 5.69 Å². The number of rotatable bonds is 2. The van der Waals surface area contributed by atoms with Crippen LogP contribution in [0.3, 0.4) is 0 Å². The molecular weight excluding hydrogens is 221 g/mol. The Morgan fingerprint density at radius 1 is 1.53 bits per heavy atom. The van der Waals surface area contributed by atoms with E-state index < -0.39 is 6.04 Å². The number of nitrogens with two attached hydrogens (primary N) is 1. The van der Waals surface area contributed by atoms with Crippen LogP contribution in [0.25, 0.3) is 0 Å². The molecule has 1 saturated heterocycles. The predicted octanol–water partition coefficient (Wildman–Crippen LogP) is 0.782. The fraction of sp³-hybridized carbons (Fsp3) is 0.417. The highest BCUT2D eigenvalue weighted by Gasteiger charge is 2.21. The first-order valence-corrected chi connectivity index (χ1v) is 5.65. The van der Waals surface area contributed by atoms with Crippen LogP contribution in [0.15, 0.2) is 18.2 Å². The average Bonchev–Trinajstić information content (AvgIpc) is 2.28. The lowest BCUT2D eigenvalue weighted by Gasteiger charge is -2.31. The minimum Gasteiger partial charge on any atom is -0.360 e. The highest BCUT2D eigenvalue weighted by molar-refractivity contribution is 5.83. The third-order valence-electron chi connectivity index (χ3n) is 2.86. The minimum absolute atomic E-state index is 0.0452. The van der Waals surface area contributed by atoms with Gasteiger partial charge in [0.2, 0.25) is 5.91 Å². The number of hydrogen-bond acceptors (Lipinski definition) is 3. The summed E-state index contributed by atoms with van der Waals surface area (Å²) in [7, 11) is 0. The highest BCUT2D eigenvalue weighted by atomic mass is 19.1. The van der Waals surface area contributed by atoms with E-state index in [1.54, 1.807) is 19.1 Å². The van der Waals surface area contributed by atoms with Gasteiger partial charge in [-0.05, 0) is 19.1 Å². The summed E-state index contributed by atoms with van der Waals surface area (Å²) >= 11 is 0. The molecule has 1 aliphatic heterocycles. The van der Waals surface area contributed by atoms with Crippen LogP contribution in [0, 0.1) is 5.82 Å². The number of hydrogen-bond donors (Lipinski definition) is 2. The second-order valence-electron chi connectivity index (χ2n) is 4.23. The van der Waals surface area contributed by atoms with Gasteiger partial charge in [0.25, 0.3) is 0 Å². The van der Waals surface area contributed by atoms with Gasteiger partial charge in [0.15, 0.2) is 0 Å². The number of nitrogens with one attached hydrogen (secondary N) is 1. The van der Waals surface area contributed by atoms with Crippen molar-refractivity contribution in [3.8, 4) is 0 Å². The van der Waals surface area contributed by atoms with Crippen molar-refractivity contribution in [3.05, 3.63) is 29.6 Å². The Morgan fingerprint density at radius 2 is 2.29 bits per heavy atom. The van der Waals surface area contributed by atoms with Gasteiger partial charge in [-0.15, -0.1) is 0 Å². The molecule has 0 aliphatic carbocycles. The number of piperazine rings is 1. The van der Waals surface area contributed by atoms with E-state index in [9.17, 15) is 9.18 Å². The van der Waals surface area contributed by atoms with Gasteiger partial charge in [-0.2, -0.15) is 0 Å². The number of halogens is 1. The third kappa shape index (κ3) is 2.39. The van der Waals surface area contributed by atoms with Crippen molar-refractivity contribution in [2.75, 3.05) is 24.5 Å². The summed E-state index contributed by atoms with van der Waals surface area (Å²) in [5.74, 6) is -0.361. The van der Waals surface area contributed by atoms with Crippen LogP contribution in [-0.4, -0.2) is 25.5 Å². The number of anilines is 1. The average molecular weight is 237 g/mol. The number of amides is 1. The standard InChI is InChI=1S/C12H16FN3O/c1-8(14)12-9(13)3-2-4-10(12)16-6-5-15-11(17)7-16/h2-4,8H,5-7,14H2,1H3,(H,15,17)/t8-/m1/s1. The normalized spacial score (nSPS) is 17.8. The van der Waals surface area contributed by atoms with E-state index in [4.69, 9.17) is 5.73 Å². The molecule has 17 heavy (non-hydrogen) atoms. The van der Waals surface area contributed by atoms with Crippen molar-refractivity contribution in [3.63, 3.8) is 0 Å². The summed E-state index contributed by atoms with van der Waals surface area (Å²) < 4.78 is 13.7. The van der Waals surface area contributed by atoms with Crippen LogP contribution in [0.5, 0.6) is 0 Å². The lowest BCUT2D eigenvalue weighted by Crippen LogP contribution is -2.48. The van der Waals surface area contributed by atoms with Gasteiger partial charge in [0, 0.05) is 30.4 Å². The van der Waals surface area contributed by atoms with Gasteiger partial charge in [0.05, 0.1) is 6.54 Å².